The van der Waals surface area contributed by atoms with Gasteiger partial charge in [0.15, 0.2) is 0 Å². The van der Waals surface area contributed by atoms with Crippen LogP contribution in [0.15, 0.2) is 12.5 Å². The number of nitrogens with two attached hydrogens (primary N) is 1. The van der Waals surface area contributed by atoms with Gasteiger partial charge in [-0.1, -0.05) is 0 Å². The Hall–Kier alpha value is -0.870. The van der Waals surface area contributed by atoms with Crippen molar-refractivity contribution in [3.8, 4) is 0 Å². The van der Waals surface area contributed by atoms with Gasteiger partial charge in [0.25, 0.3) is 0 Å². The summed E-state index contributed by atoms with van der Waals surface area (Å²) in [6.45, 7) is 0.899. The first-order valence-electron chi connectivity index (χ1n) is 4.45. The topological polar surface area (TPSA) is 47.1 Å². The second-order valence-corrected chi connectivity index (χ2v) is 3.76. The van der Waals surface area contributed by atoms with Gasteiger partial charge in [-0.25, -0.2) is 4.98 Å². The molecule has 0 radical (unpaired) electrons. The van der Waals surface area contributed by atoms with Crippen LogP contribution in [0.1, 0.15) is 5.69 Å². The zero-order valence-electron chi connectivity index (χ0n) is 8.57. The van der Waals surface area contributed by atoms with E-state index >= 15 is 0 Å². The van der Waals surface area contributed by atoms with Gasteiger partial charge in [0.1, 0.15) is 0 Å². The van der Waals surface area contributed by atoms with Crippen LogP contribution in [0.5, 0.6) is 0 Å². The van der Waals surface area contributed by atoms with Crippen molar-refractivity contribution in [2.45, 2.75) is 12.5 Å². The Balaban J connectivity index is 2.40. The summed E-state index contributed by atoms with van der Waals surface area (Å²) in [7, 11) is 6.02. The normalized spacial score (nSPS) is 13.6. The summed E-state index contributed by atoms with van der Waals surface area (Å²) in [6, 6.07) is 0.171. The van der Waals surface area contributed by atoms with Crippen molar-refractivity contribution < 1.29 is 0 Å². The molecule has 0 aliphatic rings. The molecule has 0 aliphatic heterocycles. The summed E-state index contributed by atoms with van der Waals surface area (Å²) in [5.74, 6) is 0. The largest absolute Gasteiger partial charge is 0.340 e. The summed E-state index contributed by atoms with van der Waals surface area (Å²) in [6.07, 6.45) is 4.66. The third-order valence-corrected chi connectivity index (χ3v) is 1.83. The van der Waals surface area contributed by atoms with Crippen molar-refractivity contribution in [3.05, 3.63) is 18.2 Å². The Morgan fingerprint density at radius 2 is 2.31 bits per heavy atom. The van der Waals surface area contributed by atoms with Crippen molar-refractivity contribution >= 4 is 0 Å². The van der Waals surface area contributed by atoms with E-state index in [4.69, 9.17) is 5.73 Å². The number of rotatable bonds is 4. The van der Waals surface area contributed by atoms with Crippen LogP contribution in [0.2, 0.25) is 0 Å². The highest BCUT2D eigenvalue weighted by atomic mass is 15.1. The fourth-order valence-electron chi connectivity index (χ4n) is 1.37. The van der Waals surface area contributed by atoms with E-state index in [9.17, 15) is 0 Å². The lowest BCUT2D eigenvalue weighted by atomic mass is 10.2. The average molecular weight is 182 g/mol. The minimum absolute atomic E-state index is 0.171. The molecule has 0 spiro atoms. The molecular weight excluding hydrogens is 164 g/mol. The zero-order valence-corrected chi connectivity index (χ0v) is 8.57. The number of hydrogen-bond acceptors (Lipinski definition) is 3. The molecule has 13 heavy (non-hydrogen) atoms. The first kappa shape index (κ1) is 10.2. The smallest absolute Gasteiger partial charge is 0.0946 e. The molecule has 1 aromatic rings. The quantitative estimate of drug-likeness (QED) is 0.704. The van der Waals surface area contributed by atoms with Gasteiger partial charge in [-0.15, -0.1) is 0 Å². The predicted octanol–water partition coefficient (Wildman–Crippen LogP) is -0.148. The molecule has 1 atom stereocenters. The van der Waals surface area contributed by atoms with Crippen LogP contribution in [0.4, 0.5) is 0 Å². The van der Waals surface area contributed by atoms with Gasteiger partial charge >= 0.3 is 0 Å². The van der Waals surface area contributed by atoms with Gasteiger partial charge in [-0.3, -0.25) is 0 Å². The van der Waals surface area contributed by atoms with Crippen LogP contribution < -0.4 is 5.73 Å². The van der Waals surface area contributed by atoms with Crippen LogP contribution in [-0.4, -0.2) is 41.1 Å². The Labute approximate surface area is 79.4 Å². The molecule has 0 saturated carbocycles. The van der Waals surface area contributed by atoms with Crippen LogP contribution in [0, 0.1) is 0 Å². The average Bonchev–Trinajstić information content (AvgIpc) is 2.33. The summed E-state index contributed by atoms with van der Waals surface area (Å²) in [4.78, 5) is 6.32. The maximum atomic E-state index is 5.92. The fraction of sp³-hybridized carbons (Fsp3) is 0.667. The first-order valence-corrected chi connectivity index (χ1v) is 4.45. The van der Waals surface area contributed by atoms with E-state index in [2.05, 4.69) is 9.88 Å². The third-order valence-electron chi connectivity index (χ3n) is 1.83. The molecule has 4 nitrogen and oxygen atoms in total. The molecule has 1 unspecified atom stereocenters. The molecule has 1 heterocycles. The van der Waals surface area contributed by atoms with E-state index in [0.717, 1.165) is 18.7 Å². The van der Waals surface area contributed by atoms with Gasteiger partial charge in [0.05, 0.1) is 12.0 Å². The van der Waals surface area contributed by atoms with Crippen LogP contribution in [0.3, 0.4) is 0 Å². The number of imidazole rings is 1. The van der Waals surface area contributed by atoms with E-state index in [1.165, 1.54) is 0 Å². The third kappa shape index (κ3) is 3.57. The fourth-order valence-corrected chi connectivity index (χ4v) is 1.37. The summed E-state index contributed by atoms with van der Waals surface area (Å²) in [5.41, 5.74) is 6.99. The molecule has 0 aliphatic carbocycles. The van der Waals surface area contributed by atoms with Crippen molar-refractivity contribution in [1.82, 2.24) is 14.5 Å². The summed E-state index contributed by atoms with van der Waals surface area (Å²) in [5, 5.41) is 0. The van der Waals surface area contributed by atoms with E-state index in [-0.39, 0.29) is 6.04 Å². The lowest BCUT2D eigenvalue weighted by Crippen LogP contribution is -2.34. The van der Waals surface area contributed by atoms with Crippen LogP contribution in [0.25, 0.3) is 0 Å². The highest BCUT2D eigenvalue weighted by molar-refractivity contribution is 4.98. The zero-order chi connectivity index (χ0) is 9.84. The Bertz CT molecular complexity index is 254. The van der Waals surface area contributed by atoms with Crippen molar-refractivity contribution in [2.75, 3.05) is 20.6 Å². The van der Waals surface area contributed by atoms with E-state index in [1.807, 2.05) is 31.9 Å². The molecule has 0 bridgehead atoms. The number of nitrogens with zero attached hydrogens (tertiary/aromatic N) is 3. The Morgan fingerprint density at radius 1 is 1.62 bits per heavy atom. The molecule has 1 rings (SSSR count). The first-order chi connectivity index (χ1) is 6.08. The summed E-state index contributed by atoms with van der Waals surface area (Å²) >= 11 is 0. The number of aromatic nitrogens is 2. The van der Waals surface area contributed by atoms with Gasteiger partial charge < -0.3 is 15.2 Å². The second-order valence-electron chi connectivity index (χ2n) is 3.76. The Morgan fingerprint density at radius 3 is 2.77 bits per heavy atom. The van der Waals surface area contributed by atoms with Crippen LogP contribution in [-0.2, 0) is 13.5 Å². The molecule has 1 aromatic heterocycles. The molecular formula is C9H18N4. The molecule has 0 aromatic carbocycles. The lowest BCUT2D eigenvalue weighted by Gasteiger charge is -2.15. The molecule has 0 fully saturated rings. The molecule has 2 N–H and O–H groups in total. The van der Waals surface area contributed by atoms with Gasteiger partial charge in [-0.2, -0.15) is 0 Å². The highest BCUT2D eigenvalue weighted by Gasteiger charge is 2.06. The number of hydrogen-bond donors (Lipinski definition) is 1. The monoisotopic (exact) mass is 182 g/mol. The molecule has 0 saturated heterocycles. The van der Waals surface area contributed by atoms with Crippen molar-refractivity contribution in [3.63, 3.8) is 0 Å². The number of likely N-dealkylation sites (N-methyl/N-ethyl adjacent to an activating group) is 1. The van der Waals surface area contributed by atoms with Crippen LogP contribution >= 0.6 is 0 Å². The maximum absolute atomic E-state index is 5.92. The maximum Gasteiger partial charge on any atom is 0.0946 e. The standard InChI is InChI=1S/C9H18N4/c1-12(2)5-8(10)4-9-6-13(3)7-11-9/h6-8H,4-5,10H2,1-3H3. The van der Waals surface area contributed by atoms with E-state index < -0.39 is 0 Å². The number of aryl methyl sites for hydroxylation is 1. The predicted molar refractivity (Wildman–Crippen MR) is 53.4 cm³/mol. The van der Waals surface area contributed by atoms with Gasteiger partial charge in [0, 0.05) is 32.3 Å². The lowest BCUT2D eigenvalue weighted by molar-refractivity contribution is 0.370. The highest BCUT2D eigenvalue weighted by Crippen LogP contribution is 1.98. The van der Waals surface area contributed by atoms with Gasteiger partial charge in [0.2, 0.25) is 0 Å². The van der Waals surface area contributed by atoms with Gasteiger partial charge in [-0.05, 0) is 14.1 Å². The van der Waals surface area contributed by atoms with Crippen molar-refractivity contribution in [2.24, 2.45) is 12.8 Å². The van der Waals surface area contributed by atoms with E-state index in [1.54, 1.807) is 6.33 Å². The molecule has 0 amide bonds. The van der Waals surface area contributed by atoms with E-state index in [0.29, 0.717) is 0 Å². The van der Waals surface area contributed by atoms with Crippen molar-refractivity contribution in [1.29, 1.82) is 0 Å². The molecule has 74 valence electrons. The minimum Gasteiger partial charge on any atom is -0.340 e. The summed E-state index contributed by atoms with van der Waals surface area (Å²) < 4.78 is 1.94. The second kappa shape index (κ2) is 4.39. The SMILES string of the molecule is CN(C)CC(N)Cc1cn(C)cn1. The molecule has 4 heteroatoms. The Kier molecular flexibility index (Phi) is 3.45. The minimum atomic E-state index is 0.171.